The third kappa shape index (κ3) is 6.93. The van der Waals surface area contributed by atoms with Gasteiger partial charge in [-0.15, -0.1) is 0 Å². The molecule has 22 heavy (non-hydrogen) atoms. The van der Waals surface area contributed by atoms with Gasteiger partial charge in [0.05, 0.1) is 11.9 Å². The molecule has 0 aliphatic rings. The third-order valence-corrected chi connectivity index (χ3v) is 4.45. The van der Waals surface area contributed by atoms with E-state index in [0.717, 1.165) is 6.42 Å². The lowest BCUT2D eigenvalue weighted by Crippen LogP contribution is -2.32. The van der Waals surface area contributed by atoms with Crippen LogP contribution >= 0.6 is 0 Å². The second-order valence-electron chi connectivity index (χ2n) is 5.81. The zero-order chi connectivity index (χ0) is 16.6. The van der Waals surface area contributed by atoms with Gasteiger partial charge in [0, 0.05) is 19.5 Å². The molecule has 0 atom stereocenters. The molecule has 0 aromatic heterocycles. The van der Waals surface area contributed by atoms with Crippen LogP contribution in [0.5, 0.6) is 0 Å². The number of sulfonamides is 1. The van der Waals surface area contributed by atoms with E-state index in [9.17, 15) is 13.2 Å². The molecular weight excluding hydrogens is 300 g/mol. The minimum absolute atomic E-state index is 0.0258. The molecule has 0 heterocycles. The monoisotopic (exact) mass is 326 g/mol. The van der Waals surface area contributed by atoms with Crippen molar-refractivity contribution in [3.05, 3.63) is 30.3 Å². The summed E-state index contributed by atoms with van der Waals surface area (Å²) in [7, 11) is -3.34. The Morgan fingerprint density at radius 2 is 1.86 bits per heavy atom. The van der Waals surface area contributed by atoms with Crippen molar-refractivity contribution in [1.29, 1.82) is 0 Å². The highest BCUT2D eigenvalue weighted by molar-refractivity contribution is 7.92. The van der Waals surface area contributed by atoms with Gasteiger partial charge in [0.25, 0.3) is 0 Å². The Morgan fingerprint density at radius 3 is 2.41 bits per heavy atom. The number of hydrogen-bond acceptors (Lipinski definition) is 3. The van der Waals surface area contributed by atoms with E-state index >= 15 is 0 Å². The molecule has 0 radical (unpaired) electrons. The molecule has 6 heteroatoms. The smallest absolute Gasteiger partial charge is 0.232 e. The van der Waals surface area contributed by atoms with Crippen LogP contribution < -0.4 is 9.62 Å². The summed E-state index contributed by atoms with van der Waals surface area (Å²) in [6, 6.07) is 8.94. The van der Waals surface area contributed by atoms with Gasteiger partial charge in [-0.3, -0.25) is 9.10 Å². The number of nitrogens with one attached hydrogen (secondary N) is 1. The summed E-state index contributed by atoms with van der Waals surface area (Å²) in [6.45, 7) is 5.19. The van der Waals surface area contributed by atoms with E-state index in [1.165, 1.54) is 10.6 Å². The topological polar surface area (TPSA) is 66.5 Å². The lowest BCUT2D eigenvalue weighted by molar-refractivity contribution is -0.121. The number of benzene rings is 1. The Morgan fingerprint density at radius 1 is 1.23 bits per heavy atom. The van der Waals surface area contributed by atoms with Crippen molar-refractivity contribution in [1.82, 2.24) is 5.32 Å². The highest BCUT2D eigenvalue weighted by atomic mass is 32.2. The minimum Gasteiger partial charge on any atom is -0.356 e. The van der Waals surface area contributed by atoms with Crippen LogP contribution in [0.2, 0.25) is 0 Å². The van der Waals surface area contributed by atoms with Gasteiger partial charge in [-0.2, -0.15) is 0 Å². The molecular formula is C16H26N2O3S. The predicted octanol–water partition coefficient (Wildman–Crippen LogP) is 2.40. The summed E-state index contributed by atoms with van der Waals surface area (Å²) in [5.74, 6) is 0.529. The summed E-state index contributed by atoms with van der Waals surface area (Å²) in [5, 5.41) is 2.86. The highest BCUT2D eigenvalue weighted by Gasteiger charge is 2.17. The van der Waals surface area contributed by atoms with Crippen molar-refractivity contribution in [3.8, 4) is 0 Å². The molecule has 5 nitrogen and oxygen atoms in total. The second-order valence-corrected chi connectivity index (χ2v) is 7.71. The van der Waals surface area contributed by atoms with Crippen molar-refractivity contribution in [2.24, 2.45) is 5.92 Å². The maximum atomic E-state index is 11.9. The number of amides is 1. The number of hydrogen-bond donors (Lipinski definition) is 1. The lowest BCUT2D eigenvalue weighted by Gasteiger charge is -2.22. The second kappa shape index (κ2) is 8.78. The van der Waals surface area contributed by atoms with Crippen LogP contribution in [0.4, 0.5) is 5.69 Å². The van der Waals surface area contributed by atoms with E-state index in [0.29, 0.717) is 37.5 Å². The molecule has 0 saturated carbocycles. The molecule has 0 fully saturated rings. The van der Waals surface area contributed by atoms with Gasteiger partial charge in [-0.25, -0.2) is 8.42 Å². The molecule has 0 unspecified atom stereocenters. The quantitative estimate of drug-likeness (QED) is 0.758. The van der Waals surface area contributed by atoms with Crippen LogP contribution in [0, 0.1) is 5.92 Å². The van der Waals surface area contributed by atoms with Crippen molar-refractivity contribution in [2.45, 2.75) is 33.1 Å². The summed E-state index contributed by atoms with van der Waals surface area (Å²) in [4.78, 5) is 11.7. The van der Waals surface area contributed by atoms with E-state index in [1.807, 2.05) is 6.07 Å². The zero-order valence-electron chi connectivity index (χ0n) is 13.6. The number of para-hydroxylation sites is 1. The molecule has 1 N–H and O–H groups in total. The lowest BCUT2D eigenvalue weighted by atomic mass is 10.1. The van der Waals surface area contributed by atoms with Crippen LogP contribution in [-0.4, -0.2) is 33.7 Å². The molecule has 1 amide bonds. The Hall–Kier alpha value is -1.56. The maximum Gasteiger partial charge on any atom is 0.232 e. The summed E-state index contributed by atoms with van der Waals surface area (Å²) in [5.41, 5.74) is 0.630. The highest BCUT2D eigenvalue weighted by Crippen LogP contribution is 2.17. The largest absolute Gasteiger partial charge is 0.356 e. The molecule has 0 spiro atoms. The molecule has 0 bridgehead atoms. The normalized spacial score (nSPS) is 11.5. The first-order valence-corrected chi connectivity index (χ1v) is 9.45. The minimum atomic E-state index is -3.34. The third-order valence-electron chi connectivity index (χ3n) is 3.25. The average Bonchev–Trinajstić information content (AvgIpc) is 2.42. The summed E-state index contributed by atoms with van der Waals surface area (Å²) in [6.07, 6.45) is 2.96. The van der Waals surface area contributed by atoms with Crippen LogP contribution in [0.3, 0.4) is 0 Å². The maximum absolute atomic E-state index is 11.9. The van der Waals surface area contributed by atoms with E-state index in [-0.39, 0.29) is 5.91 Å². The molecule has 1 aromatic carbocycles. The van der Waals surface area contributed by atoms with Gasteiger partial charge in [-0.05, 0) is 30.9 Å². The molecule has 1 rings (SSSR count). The van der Waals surface area contributed by atoms with E-state index in [2.05, 4.69) is 19.2 Å². The van der Waals surface area contributed by atoms with Crippen molar-refractivity contribution >= 4 is 21.6 Å². The Balaban J connectivity index is 2.47. The molecule has 1 aromatic rings. The van der Waals surface area contributed by atoms with Gasteiger partial charge >= 0.3 is 0 Å². The Kier molecular flexibility index (Phi) is 7.38. The van der Waals surface area contributed by atoms with Crippen molar-refractivity contribution < 1.29 is 13.2 Å². The van der Waals surface area contributed by atoms with Gasteiger partial charge < -0.3 is 5.32 Å². The van der Waals surface area contributed by atoms with Crippen LogP contribution in [-0.2, 0) is 14.8 Å². The SMILES string of the molecule is CC(C)CCNC(=O)CCCN(c1ccccc1)S(C)(=O)=O. The van der Waals surface area contributed by atoms with Crippen LogP contribution in [0.15, 0.2) is 30.3 Å². The van der Waals surface area contributed by atoms with Crippen LogP contribution in [0.25, 0.3) is 0 Å². The fraction of sp³-hybridized carbons (Fsp3) is 0.562. The van der Waals surface area contributed by atoms with Gasteiger partial charge in [0.1, 0.15) is 0 Å². The fourth-order valence-electron chi connectivity index (χ4n) is 2.05. The van der Waals surface area contributed by atoms with E-state index in [4.69, 9.17) is 0 Å². The number of nitrogens with zero attached hydrogens (tertiary/aromatic N) is 1. The zero-order valence-corrected chi connectivity index (χ0v) is 14.4. The molecule has 0 aliphatic heterocycles. The standard InChI is InChI=1S/C16H26N2O3S/c1-14(2)11-12-17-16(19)10-7-13-18(22(3,20)21)15-8-5-4-6-9-15/h4-6,8-9,14H,7,10-13H2,1-3H3,(H,17,19). The first-order chi connectivity index (χ1) is 10.3. The van der Waals surface area contributed by atoms with Gasteiger partial charge in [0.2, 0.25) is 15.9 Å². The fourth-order valence-corrected chi connectivity index (χ4v) is 3.02. The van der Waals surface area contributed by atoms with Gasteiger partial charge in [-0.1, -0.05) is 32.0 Å². The van der Waals surface area contributed by atoms with Gasteiger partial charge in [0.15, 0.2) is 0 Å². The first kappa shape index (κ1) is 18.5. The average molecular weight is 326 g/mol. The molecule has 0 saturated heterocycles. The summed E-state index contributed by atoms with van der Waals surface area (Å²) >= 11 is 0. The van der Waals surface area contributed by atoms with E-state index < -0.39 is 10.0 Å². The van der Waals surface area contributed by atoms with Crippen molar-refractivity contribution in [3.63, 3.8) is 0 Å². The summed E-state index contributed by atoms with van der Waals surface area (Å²) < 4.78 is 25.1. The van der Waals surface area contributed by atoms with E-state index in [1.54, 1.807) is 24.3 Å². The number of rotatable bonds is 9. The number of carbonyl (C=O) groups excluding carboxylic acids is 1. The Labute approximate surface area is 133 Å². The molecule has 124 valence electrons. The Bertz CT molecular complexity index is 556. The number of anilines is 1. The number of carbonyl (C=O) groups is 1. The molecule has 0 aliphatic carbocycles. The van der Waals surface area contributed by atoms with Crippen LogP contribution in [0.1, 0.15) is 33.1 Å². The van der Waals surface area contributed by atoms with Crippen molar-refractivity contribution in [2.75, 3.05) is 23.7 Å². The first-order valence-electron chi connectivity index (χ1n) is 7.60. The predicted molar refractivity (Wildman–Crippen MR) is 90.3 cm³/mol.